The Morgan fingerprint density at radius 3 is 2.45 bits per heavy atom. The molecule has 140 valence electrons. The van der Waals surface area contributed by atoms with Crippen molar-refractivity contribution in [2.75, 3.05) is 0 Å². The Bertz CT molecular complexity index is 1550. The lowest BCUT2D eigenvalue weighted by molar-refractivity contribution is 0.570. The number of allylic oxidation sites excluding steroid dienone is 4. The second-order valence-electron chi connectivity index (χ2n) is 6.76. The van der Waals surface area contributed by atoms with Gasteiger partial charge in [0.1, 0.15) is 5.58 Å². The Balaban J connectivity index is 1.97. The molecule has 0 atom stereocenters. The molecule has 0 aliphatic rings. The highest BCUT2D eigenvalue weighted by Gasteiger charge is 2.16. The number of nitrogens with zero attached hydrogens (tertiary/aromatic N) is 1. The molecule has 0 unspecified atom stereocenters. The van der Waals surface area contributed by atoms with Crippen LogP contribution in [-0.2, 0) is 0 Å². The van der Waals surface area contributed by atoms with Gasteiger partial charge in [-0.2, -0.15) is 0 Å². The first kappa shape index (κ1) is 17.7. The highest BCUT2D eigenvalue weighted by molar-refractivity contribution is 9.14. The third kappa shape index (κ3) is 2.76. The molecule has 5 rings (SSSR count). The van der Waals surface area contributed by atoms with Gasteiger partial charge in [0.2, 0.25) is 0 Å². The molecule has 0 radical (unpaired) electrons. The van der Waals surface area contributed by atoms with Crippen LogP contribution in [0, 0.1) is 0 Å². The van der Waals surface area contributed by atoms with Gasteiger partial charge < -0.3 is 8.98 Å². The summed E-state index contributed by atoms with van der Waals surface area (Å²) in [6.07, 6.45) is 7.47. The van der Waals surface area contributed by atoms with E-state index in [4.69, 9.17) is 4.42 Å². The third-order valence-electron chi connectivity index (χ3n) is 5.11. The van der Waals surface area contributed by atoms with Crippen LogP contribution in [0.5, 0.6) is 0 Å². The monoisotopic (exact) mass is 441 g/mol. The molecule has 0 aliphatic heterocycles. The molecule has 0 aliphatic carbocycles. The van der Waals surface area contributed by atoms with E-state index in [1.807, 2.05) is 60.7 Å². The quantitative estimate of drug-likeness (QED) is 0.172. The lowest BCUT2D eigenvalue weighted by Crippen LogP contribution is -2.00. The summed E-state index contributed by atoms with van der Waals surface area (Å²) in [4.78, 5) is 12.7. The van der Waals surface area contributed by atoms with Crippen molar-refractivity contribution in [3.05, 3.63) is 102 Å². The van der Waals surface area contributed by atoms with Crippen LogP contribution in [0.25, 0.3) is 48.2 Å². The summed E-state index contributed by atoms with van der Waals surface area (Å²) < 4.78 is 8.53. The van der Waals surface area contributed by atoms with Gasteiger partial charge in [-0.15, -0.1) is 0 Å². The van der Waals surface area contributed by atoms with Crippen LogP contribution < -0.4 is 5.63 Å². The van der Waals surface area contributed by atoms with E-state index in [2.05, 4.69) is 45.3 Å². The van der Waals surface area contributed by atoms with Gasteiger partial charge in [0.05, 0.1) is 21.0 Å². The first-order valence-electron chi connectivity index (χ1n) is 9.23. The van der Waals surface area contributed by atoms with Crippen molar-refractivity contribution >= 4 is 64.1 Å². The minimum atomic E-state index is -0.330. The van der Waals surface area contributed by atoms with Crippen LogP contribution in [0.1, 0.15) is 0 Å². The molecule has 0 N–H and O–H groups in total. The standard InChI is InChI=1S/C25H16BrNO2/c1-2-3-4-13-24(26)27-21-11-7-5-9-16(21)19-14-18-17-10-6-8-12-23(17)29-25(28)20(18)15-22(19)27/h2-15H,1H2/b4-3-,24-13+. The fraction of sp³-hybridized carbons (Fsp3) is 0. The van der Waals surface area contributed by atoms with Gasteiger partial charge in [-0.05, 0) is 46.3 Å². The summed E-state index contributed by atoms with van der Waals surface area (Å²) in [6.45, 7) is 3.71. The number of aromatic nitrogens is 1. The van der Waals surface area contributed by atoms with Gasteiger partial charge in [0, 0.05) is 21.5 Å². The summed E-state index contributed by atoms with van der Waals surface area (Å²) >= 11 is 3.70. The molecular formula is C25H16BrNO2. The number of hydrogen-bond donors (Lipinski definition) is 0. The first-order chi connectivity index (χ1) is 14.2. The molecule has 3 aromatic carbocycles. The van der Waals surface area contributed by atoms with Crippen molar-refractivity contribution < 1.29 is 4.42 Å². The Morgan fingerprint density at radius 1 is 0.862 bits per heavy atom. The molecule has 29 heavy (non-hydrogen) atoms. The molecule has 4 heteroatoms. The molecule has 2 aromatic heterocycles. The smallest absolute Gasteiger partial charge is 0.344 e. The minimum Gasteiger partial charge on any atom is -0.422 e. The van der Waals surface area contributed by atoms with E-state index in [0.29, 0.717) is 11.0 Å². The van der Waals surface area contributed by atoms with E-state index in [9.17, 15) is 4.79 Å². The predicted octanol–water partition coefficient (Wildman–Crippen LogP) is 6.99. The fourth-order valence-corrected chi connectivity index (χ4v) is 4.39. The average molecular weight is 442 g/mol. The summed E-state index contributed by atoms with van der Waals surface area (Å²) in [5, 5.41) is 4.62. The van der Waals surface area contributed by atoms with Crippen molar-refractivity contribution in [1.82, 2.24) is 4.57 Å². The zero-order chi connectivity index (χ0) is 20.0. The predicted molar refractivity (Wildman–Crippen MR) is 126 cm³/mol. The Hall–Kier alpha value is -3.37. The van der Waals surface area contributed by atoms with Gasteiger partial charge in [-0.1, -0.05) is 61.2 Å². The van der Waals surface area contributed by atoms with Gasteiger partial charge in [-0.3, -0.25) is 0 Å². The molecule has 0 spiro atoms. The lowest BCUT2D eigenvalue weighted by Gasteiger charge is -2.07. The molecule has 0 saturated carbocycles. The van der Waals surface area contributed by atoms with E-state index >= 15 is 0 Å². The number of fused-ring (bicyclic) bond motifs is 6. The van der Waals surface area contributed by atoms with E-state index in [-0.39, 0.29) is 5.63 Å². The van der Waals surface area contributed by atoms with E-state index in [1.54, 1.807) is 6.08 Å². The largest absolute Gasteiger partial charge is 0.422 e. The van der Waals surface area contributed by atoms with Gasteiger partial charge in [0.15, 0.2) is 0 Å². The van der Waals surface area contributed by atoms with Crippen LogP contribution in [0.15, 0.2) is 101 Å². The first-order valence-corrected chi connectivity index (χ1v) is 10.0. The molecule has 0 amide bonds. The number of benzene rings is 3. The topological polar surface area (TPSA) is 35.1 Å². The van der Waals surface area contributed by atoms with Gasteiger partial charge >= 0.3 is 5.63 Å². The highest BCUT2D eigenvalue weighted by atomic mass is 79.9. The maximum Gasteiger partial charge on any atom is 0.344 e. The second kappa shape index (κ2) is 6.90. The van der Waals surface area contributed by atoms with E-state index in [1.165, 1.54) is 0 Å². The van der Waals surface area contributed by atoms with Gasteiger partial charge in [0.25, 0.3) is 0 Å². The maximum absolute atomic E-state index is 12.7. The molecular weight excluding hydrogens is 426 g/mol. The number of hydrogen-bond acceptors (Lipinski definition) is 2. The lowest BCUT2D eigenvalue weighted by atomic mass is 10.0. The summed E-state index contributed by atoms with van der Waals surface area (Å²) in [5.74, 6) is 0. The second-order valence-corrected chi connectivity index (χ2v) is 7.58. The van der Waals surface area contributed by atoms with Crippen LogP contribution in [0.3, 0.4) is 0 Å². The Labute approximate surface area is 175 Å². The molecule has 0 fully saturated rings. The van der Waals surface area contributed by atoms with Crippen molar-refractivity contribution in [3.63, 3.8) is 0 Å². The number of rotatable bonds is 3. The normalized spacial score (nSPS) is 12.7. The van der Waals surface area contributed by atoms with E-state index < -0.39 is 0 Å². The van der Waals surface area contributed by atoms with Crippen LogP contribution in [0.2, 0.25) is 0 Å². The van der Waals surface area contributed by atoms with E-state index in [0.717, 1.165) is 37.2 Å². The third-order valence-corrected chi connectivity index (χ3v) is 5.73. The van der Waals surface area contributed by atoms with Gasteiger partial charge in [-0.25, -0.2) is 4.79 Å². The molecule has 0 saturated heterocycles. The molecule has 5 aromatic rings. The van der Waals surface area contributed by atoms with Crippen molar-refractivity contribution in [2.45, 2.75) is 0 Å². The van der Waals surface area contributed by atoms with Crippen LogP contribution >= 0.6 is 15.9 Å². The highest BCUT2D eigenvalue weighted by Crippen LogP contribution is 2.36. The molecule has 2 heterocycles. The molecule has 3 nitrogen and oxygen atoms in total. The van der Waals surface area contributed by atoms with Crippen molar-refractivity contribution in [2.24, 2.45) is 0 Å². The zero-order valence-electron chi connectivity index (χ0n) is 15.4. The minimum absolute atomic E-state index is 0.330. The van der Waals surface area contributed by atoms with Crippen molar-refractivity contribution in [1.29, 1.82) is 0 Å². The van der Waals surface area contributed by atoms with Crippen LogP contribution in [-0.4, -0.2) is 4.57 Å². The molecule has 0 bridgehead atoms. The Kier molecular flexibility index (Phi) is 4.22. The summed E-state index contributed by atoms with van der Waals surface area (Å²) in [6, 6.07) is 19.9. The fourth-order valence-electron chi connectivity index (χ4n) is 3.86. The Morgan fingerprint density at radius 2 is 1.62 bits per heavy atom. The summed E-state index contributed by atoms with van der Waals surface area (Å²) in [5.41, 5.74) is 2.27. The average Bonchev–Trinajstić information content (AvgIpc) is 3.06. The number of para-hydroxylation sites is 2. The number of halogens is 1. The summed E-state index contributed by atoms with van der Waals surface area (Å²) in [7, 11) is 0. The maximum atomic E-state index is 12.7. The zero-order valence-corrected chi connectivity index (χ0v) is 17.0. The SMILES string of the molecule is C=C/C=C\C=C(/Br)n1c2ccccc2c2cc3c(cc21)c(=O)oc1ccccc13. The van der Waals surface area contributed by atoms with Crippen LogP contribution in [0.4, 0.5) is 0 Å². The van der Waals surface area contributed by atoms with Crippen molar-refractivity contribution in [3.8, 4) is 0 Å².